The largest absolute Gasteiger partial charge is 0.497 e. The van der Waals surface area contributed by atoms with Gasteiger partial charge in [-0.05, 0) is 18.4 Å². The van der Waals surface area contributed by atoms with E-state index in [0.29, 0.717) is 5.25 Å². The summed E-state index contributed by atoms with van der Waals surface area (Å²) < 4.78 is 5.14. The molecule has 1 aromatic rings. The van der Waals surface area contributed by atoms with Crippen LogP contribution < -0.4 is 15.8 Å². The Bertz CT molecular complexity index is 317. The first-order valence-corrected chi connectivity index (χ1v) is 6.16. The van der Waals surface area contributed by atoms with Crippen molar-refractivity contribution in [2.24, 2.45) is 0 Å². The monoisotopic (exact) mass is 226 g/mol. The number of nitrogen functional groups attached to an aromatic ring is 1. The van der Waals surface area contributed by atoms with Crippen molar-refractivity contribution in [2.45, 2.75) is 12.2 Å². The number of thioether (sulfide) groups is 1. The van der Waals surface area contributed by atoms with Crippen LogP contribution in [0, 0.1) is 0 Å². The van der Waals surface area contributed by atoms with Crippen LogP contribution in [0.4, 0.5) is 11.4 Å². The Kier molecular flexibility index (Phi) is 4.62. The normalized spacial score (nSPS) is 12.2. The van der Waals surface area contributed by atoms with Gasteiger partial charge in [0.1, 0.15) is 5.75 Å². The van der Waals surface area contributed by atoms with Gasteiger partial charge >= 0.3 is 0 Å². The van der Waals surface area contributed by atoms with Gasteiger partial charge in [0, 0.05) is 17.9 Å². The zero-order chi connectivity index (χ0) is 11.3. The maximum Gasteiger partial charge on any atom is 0.121 e. The first-order chi connectivity index (χ1) is 7.17. The molecule has 0 aromatic heterocycles. The highest BCUT2D eigenvalue weighted by Crippen LogP contribution is 2.24. The quantitative estimate of drug-likeness (QED) is 0.757. The number of nitrogens with one attached hydrogen (secondary N) is 1. The Morgan fingerprint density at radius 2 is 2.27 bits per heavy atom. The molecule has 3 nitrogen and oxygen atoms in total. The van der Waals surface area contributed by atoms with Gasteiger partial charge in [-0.15, -0.1) is 0 Å². The third kappa shape index (κ3) is 3.55. The molecule has 0 bridgehead atoms. The molecular formula is C11H18N2OS. The molecule has 0 amide bonds. The SMILES string of the molecule is COc1ccc(N)c(NCC(C)SC)c1. The Labute approximate surface area is 95.4 Å². The highest BCUT2D eigenvalue weighted by Gasteiger charge is 2.03. The average Bonchev–Trinajstić information content (AvgIpc) is 2.27. The predicted octanol–water partition coefficient (Wildman–Crippen LogP) is 2.44. The van der Waals surface area contributed by atoms with Crippen molar-refractivity contribution in [1.82, 2.24) is 0 Å². The minimum Gasteiger partial charge on any atom is -0.497 e. The zero-order valence-corrected chi connectivity index (χ0v) is 10.2. The van der Waals surface area contributed by atoms with Crippen LogP contribution in [0.5, 0.6) is 5.75 Å². The van der Waals surface area contributed by atoms with Crippen molar-refractivity contribution < 1.29 is 4.74 Å². The Morgan fingerprint density at radius 1 is 1.53 bits per heavy atom. The maximum absolute atomic E-state index is 5.85. The minimum absolute atomic E-state index is 0.565. The van der Waals surface area contributed by atoms with Crippen LogP contribution in [-0.2, 0) is 0 Å². The molecule has 0 fully saturated rings. The van der Waals surface area contributed by atoms with Gasteiger partial charge in [0.15, 0.2) is 0 Å². The van der Waals surface area contributed by atoms with Gasteiger partial charge in [0.2, 0.25) is 0 Å². The molecule has 1 rings (SSSR count). The van der Waals surface area contributed by atoms with Crippen molar-refractivity contribution >= 4 is 23.1 Å². The molecule has 0 spiro atoms. The summed E-state index contributed by atoms with van der Waals surface area (Å²) in [6.45, 7) is 3.08. The molecule has 0 saturated carbocycles. The first kappa shape index (κ1) is 12.0. The van der Waals surface area contributed by atoms with Gasteiger partial charge in [0.25, 0.3) is 0 Å². The van der Waals surface area contributed by atoms with E-state index in [0.717, 1.165) is 23.7 Å². The first-order valence-electron chi connectivity index (χ1n) is 4.87. The van der Waals surface area contributed by atoms with Gasteiger partial charge in [-0.1, -0.05) is 6.92 Å². The van der Waals surface area contributed by atoms with Crippen LogP contribution in [0.25, 0.3) is 0 Å². The summed E-state index contributed by atoms with van der Waals surface area (Å²) in [5.41, 5.74) is 7.54. The van der Waals surface area contributed by atoms with Crippen LogP contribution in [0.3, 0.4) is 0 Å². The summed E-state index contributed by atoms with van der Waals surface area (Å²) >= 11 is 1.83. The summed E-state index contributed by atoms with van der Waals surface area (Å²) in [6.07, 6.45) is 2.10. The van der Waals surface area contributed by atoms with Crippen molar-refractivity contribution in [3.05, 3.63) is 18.2 Å². The van der Waals surface area contributed by atoms with Crippen molar-refractivity contribution in [2.75, 3.05) is 31.0 Å². The second-order valence-corrected chi connectivity index (χ2v) is 4.66. The molecule has 0 aliphatic heterocycles. The van der Waals surface area contributed by atoms with Crippen molar-refractivity contribution in [3.8, 4) is 5.75 Å². The predicted molar refractivity (Wildman–Crippen MR) is 68.9 cm³/mol. The standard InChI is InChI=1S/C11H18N2OS/c1-8(15-3)7-13-11-6-9(14-2)4-5-10(11)12/h4-6,8,13H,7,12H2,1-3H3. The Morgan fingerprint density at radius 3 is 2.87 bits per heavy atom. The fraction of sp³-hybridized carbons (Fsp3) is 0.455. The topological polar surface area (TPSA) is 47.3 Å². The molecule has 4 heteroatoms. The second kappa shape index (κ2) is 5.75. The third-order valence-corrected chi connectivity index (χ3v) is 3.21. The van der Waals surface area contributed by atoms with E-state index >= 15 is 0 Å². The van der Waals surface area contributed by atoms with Gasteiger partial charge in [0.05, 0.1) is 18.5 Å². The van der Waals surface area contributed by atoms with Crippen LogP contribution >= 0.6 is 11.8 Å². The van der Waals surface area contributed by atoms with E-state index < -0.39 is 0 Å². The van der Waals surface area contributed by atoms with E-state index in [9.17, 15) is 0 Å². The summed E-state index contributed by atoms with van der Waals surface area (Å²) in [5.74, 6) is 0.823. The number of ether oxygens (including phenoxy) is 1. The number of hydrogen-bond donors (Lipinski definition) is 2. The summed E-state index contributed by atoms with van der Waals surface area (Å²) in [4.78, 5) is 0. The van der Waals surface area contributed by atoms with Gasteiger partial charge < -0.3 is 15.8 Å². The lowest BCUT2D eigenvalue weighted by Crippen LogP contribution is -2.13. The molecule has 1 atom stereocenters. The fourth-order valence-corrected chi connectivity index (χ4v) is 1.40. The fourth-order valence-electron chi connectivity index (χ4n) is 1.15. The minimum atomic E-state index is 0.565. The van der Waals surface area contributed by atoms with Crippen molar-refractivity contribution in [3.63, 3.8) is 0 Å². The lowest BCUT2D eigenvalue weighted by atomic mass is 10.2. The van der Waals surface area contributed by atoms with E-state index in [1.807, 2.05) is 30.0 Å². The van der Waals surface area contributed by atoms with Crippen LogP contribution in [0.15, 0.2) is 18.2 Å². The van der Waals surface area contributed by atoms with Gasteiger partial charge in [-0.3, -0.25) is 0 Å². The second-order valence-electron chi connectivity index (χ2n) is 3.38. The highest BCUT2D eigenvalue weighted by molar-refractivity contribution is 7.99. The molecule has 0 aliphatic rings. The van der Waals surface area contributed by atoms with E-state index in [-0.39, 0.29) is 0 Å². The van der Waals surface area contributed by atoms with E-state index in [1.165, 1.54) is 0 Å². The third-order valence-electron chi connectivity index (χ3n) is 2.24. The smallest absolute Gasteiger partial charge is 0.121 e. The molecular weight excluding hydrogens is 208 g/mol. The molecule has 0 radical (unpaired) electrons. The van der Waals surface area contributed by atoms with Crippen LogP contribution in [0.2, 0.25) is 0 Å². The van der Waals surface area contributed by atoms with Gasteiger partial charge in [-0.25, -0.2) is 0 Å². The number of hydrogen-bond acceptors (Lipinski definition) is 4. The van der Waals surface area contributed by atoms with E-state index in [1.54, 1.807) is 7.11 Å². The van der Waals surface area contributed by atoms with Crippen LogP contribution in [-0.4, -0.2) is 25.2 Å². The Balaban J connectivity index is 2.66. The number of nitrogens with two attached hydrogens (primary N) is 1. The average molecular weight is 226 g/mol. The number of benzene rings is 1. The number of anilines is 2. The zero-order valence-electron chi connectivity index (χ0n) is 9.41. The highest BCUT2D eigenvalue weighted by atomic mass is 32.2. The molecule has 15 heavy (non-hydrogen) atoms. The summed E-state index contributed by atoms with van der Waals surface area (Å²) in [5, 5.41) is 3.88. The lowest BCUT2D eigenvalue weighted by Gasteiger charge is -2.13. The molecule has 1 unspecified atom stereocenters. The number of methoxy groups -OCH3 is 1. The molecule has 0 saturated heterocycles. The number of rotatable bonds is 5. The van der Waals surface area contributed by atoms with Crippen LogP contribution in [0.1, 0.15) is 6.92 Å². The molecule has 3 N–H and O–H groups in total. The lowest BCUT2D eigenvalue weighted by molar-refractivity contribution is 0.415. The maximum atomic E-state index is 5.85. The summed E-state index contributed by atoms with van der Waals surface area (Å²) in [6, 6.07) is 5.63. The molecule has 0 heterocycles. The molecule has 0 aliphatic carbocycles. The Hall–Kier alpha value is -1.03. The van der Waals surface area contributed by atoms with Crippen molar-refractivity contribution in [1.29, 1.82) is 0 Å². The van der Waals surface area contributed by atoms with Gasteiger partial charge in [-0.2, -0.15) is 11.8 Å². The van der Waals surface area contributed by atoms with E-state index in [2.05, 4.69) is 18.5 Å². The van der Waals surface area contributed by atoms with E-state index in [4.69, 9.17) is 10.5 Å². The molecule has 1 aromatic carbocycles. The summed E-state index contributed by atoms with van der Waals surface area (Å²) in [7, 11) is 1.65. The molecule has 84 valence electrons.